The van der Waals surface area contributed by atoms with Crippen LogP contribution >= 0.6 is 15.9 Å². The van der Waals surface area contributed by atoms with Crippen LogP contribution in [0.25, 0.3) is 0 Å². The Balaban J connectivity index is 2.16. The van der Waals surface area contributed by atoms with Crippen LogP contribution in [0.1, 0.15) is 6.92 Å². The fraction of sp³-hybridized carbons (Fsp3) is 0.176. The molecule has 0 aliphatic rings. The molecule has 0 unspecified atom stereocenters. The van der Waals surface area contributed by atoms with Gasteiger partial charge in [0.15, 0.2) is 0 Å². The van der Waals surface area contributed by atoms with Crippen molar-refractivity contribution >= 4 is 39.1 Å². The quantitative estimate of drug-likeness (QED) is 0.837. The molecule has 0 N–H and O–H groups in total. The summed E-state index contributed by atoms with van der Waals surface area (Å²) in [6, 6.07) is 16.7. The number of anilines is 2. The molecule has 0 heterocycles. The van der Waals surface area contributed by atoms with Crippen molar-refractivity contribution in [3.63, 3.8) is 0 Å². The van der Waals surface area contributed by atoms with Gasteiger partial charge in [-0.3, -0.25) is 9.59 Å². The first-order valence-electron chi connectivity index (χ1n) is 6.84. The van der Waals surface area contributed by atoms with Crippen molar-refractivity contribution in [3.8, 4) is 0 Å². The summed E-state index contributed by atoms with van der Waals surface area (Å²) in [5, 5.41) is 0. The van der Waals surface area contributed by atoms with E-state index >= 15 is 0 Å². The Morgan fingerprint density at radius 1 is 0.955 bits per heavy atom. The maximum Gasteiger partial charge on any atom is 0.246 e. The summed E-state index contributed by atoms with van der Waals surface area (Å²) in [4.78, 5) is 27.3. The molecular formula is C17H17BrN2O2. The third-order valence-electron chi connectivity index (χ3n) is 3.33. The fourth-order valence-electron chi connectivity index (χ4n) is 2.04. The molecule has 0 fully saturated rings. The number of amides is 2. The predicted octanol–water partition coefficient (Wildman–Crippen LogP) is 3.47. The van der Waals surface area contributed by atoms with Crippen molar-refractivity contribution in [2.24, 2.45) is 0 Å². The summed E-state index contributed by atoms with van der Waals surface area (Å²) in [7, 11) is 1.71. The average Bonchev–Trinajstić information content (AvgIpc) is 2.53. The maximum atomic E-state index is 12.4. The van der Waals surface area contributed by atoms with Gasteiger partial charge in [0.2, 0.25) is 11.8 Å². The van der Waals surface area contributed by atoms with Gasteiger partial charge in [0.25, 0.3) is 0 Å². The lowest BCUT2D eigenvalue weighted by molar-refractivity contribution is -0.121. The van der Waals surface area contributed by atoms with Gasteiger partial charge < -0.3 is 9.80 Å². The maximum absolute atomic E-state index is 12.4. The van der Waals surface area contributed by atoms with Crippen LogP contribution in [0, 0.1) is 0 Å². The Labute approximate surface area is 138 Å². The molecule has 2 amide bonds. The highest BCUT2D eigenvalue weighted by Gasteiger charge is 2.19. The summed E-state index contributed by atoms with van der Waals surface area (Å²) in [6.07, 6.45) is 0. The molecule has 0 aliphatic carbocycles. The Hall–Kier alpha value is -2.14. The minimum absolute atomic E-state index is 0.00234. The fourth-order valence-corrected chi connectivity index (χ4v) is 2.31. The molecule has 22 heavy (non-hydrogen) atoms. The number of carbonyl (C=O) groups excluding carboxylic acids is 2. The molecule has 0 bridgehead atoms. The van der Waals surface area contributed by atoms with Crippen molar-refractivity contribution in [2.75, 3.05) is 23.4 Å². The molecule has 5 heteroatoms. The number of rotatable bonds is 4. The summed E-state index contributed by atoms with van der Waals surface area (Å²) < 4.78 is 0.924. The van der Waals surface area contributed by atoms with E-state index in [1.54, 1.807) is 24.1 Å². The molecule has 0 aromatic heterocycles. The van der Waals surface area contributed by atoms with Gasteiger partial charge >= 0.3 is 0 Å². The van der Waals surface area contributed by atoms with Gasteiger partial charge in [0, 0.05) is 29.8 Å². The Morgan fingerprint density at radius 3 is 2.09 bits per heavy atom. The second-order valence-electron chi connectivity index (χ2n) is 4.87. The van der Waals surface area contributed by atoms with Crippen LogP contribution < -0.4 is 9.80 Å². The van der Waals surface area contributed by atoms with Crippen molar-refractivity contribution < 1.29 is 9.59 Å². The monoisotopic (exact) mass is 360 g/mol. The van der Waals surface area contributed by atoms with E-state index in [4.69, 9.17) is 0 Å². The minimum atomic E-state index is -0.169. The highest BCUT2D eigenvalue weighted by Crippen LogP contribution is 2.19. The number of benzene rings is 2. The van der Waals surface area contributed by atoms with Crippen molar-refractivity contribution in [1.82, 2.24) is 0 Å². The molecule has 0 saturated carbocycles. The number of halogens is 1. The molecule has 0 saturated heterocycles. The molecule has 0 atom stereocenters. The van der Waals surface area contributed by atoms with Crippen molar-refractivity contribution in [2.45, 2.75) is 6.92 Å². The van der Waals surface area contributed by atoms with E-state index in [2.05, 4.69) is 15.9 Å². The Bertz CT molecular complexity index is 656. The molecule has 2 aromatic carbocycles. The summed E-state index contributed by atoms with van der Waals surface area (Å²) in [5.74, 6) is -0.318. The lowest BCUT2D eigenvalue weighted by Crippen LogP contribution is -2.40. The normalized spacial score (nSPS) is 10.1. The summed E-state index contributed by atoms with van der Waals surface area (Å²) >= 11 is 3.36. The van der Waals surface area contributed by atoms with Crippen LogP contribution in [-0.4, -0.2) is 25.4 Å². The van der Waals surface area contributed by atoms with E-state index in [9.17, 15) is 9.59 Å². The van der Waals surface area contributed by atoms with Crippen LogP contribution in [0.4, 0.5) is 11.4 Å². The topological polar surface area (TPSA) is 40.6 Å². The summed E-state index contributed by atoms with van der Waals surface area (Å²) in [5.41, 5.74) is 1.50. The second kappa shape index (κ2) is 7.22. The number of likely N-dealkylation sites (N-methyl/N-ethyl adjacent to an activating group) is 1. The van der Waals surface area contributed by atoms with E-state index in [0.29, 0.717) is 5.69 Å². The van der Waals surface area contributed by atoms with E-state index in [-0.39, 0.29) is 18.4 Å². The zero-order valence-electron chi connectivity index (χ0n) is 12.5. The van der Waals surface area contributed by atoms with Gasteiger partial charge in [-0.2, -0.15) is 0 Å². The molecular weight excluding hydrogens is 344 g/mol. The lowest BCUT2D eigenvalue weighted by atomic mass is 10.2. The first-order chi connectivity index (χ1) is 10.5. The SMILES string of the molecule is CC(=O)N(CC(=O)N(C)c1ccccc1)c1ccc(Br)cc1. The zero-order valence-corrected chi connectivity index (χ0v) is 14.1. The predicted molar refractivity (Wildman–Crippen MR) is 92.0 cm³/mol. The highest BCUT2D eigenvalue weighted by molar-refractivity contribution is 9.10. The molecule has 0 radical (unpaired) electrons. The van der Waals surface area contributed by atoms with E-state index in [1.165, 1.54) is 11.8 Å². The molecule has 0 spiro atoms. The third-order valence-corrected chi connectivity index (χ3v) is 3.86. The number of nitrogens with zero attached hydrogens (tertiary/aromatic N) is 2. The van der Waals surface area contributed by atoms with Gasteiger partial charge in [0.05, 0.1) is 0 Å². The van der Waals surface area contributed by atoms with Crippen LogP contribution in [0.2, 0.25) is 0 Å². The Kier molecular flexibility index (Phi) is 5.33. The van der Waals surface area contributed by atoms with Crippen molar-refractivity contribution in [3.05, 3.63) is 59.1 Å². The van der Waals surface area contributed by atoms with E-state index in [1.807, 2.05) is 42.5 Å². The van der Waals surface area contributed by atoms with Gasteiger partial charge in [-0.05, 0) is 36.4 Å². The van der Waals surface area contributed by atoms with Gasteiger partial charge in [-0.1, -0.05) is 34.1 Å². The second-order valence-corrected chi connectivity index (χ2v) is 5.79. The van der Waals surface area contributed by atoms with Gasteiger partial charge in [-0.15, -0.1) is 0 Å². The van der Waals surface area contributed by atoms with Crippen LogP contribution in [0.5, 0.6) is 0 Å². The number of hydrogen-bond acceptors (Lipinski definition) is 2. The smallest absolute Gasteiger partial charge is 0.246 e. The molecule has 2 aromatic rings. The standard InChI is InChI=1S/C17H17BrN2O2/c1-13(21)20(16-10-8-14(18)9-11-16)12-17(22)19(2)15-6-4-3-5-7-15/h3-11H,12H2,1-2H3. The van der Waals surface area contributed by atoms with Gasteiger partial charge in [0.1, 0.15) is 6.54 Å². The molecule has 2 rings (SSSR count). The van der Waals surface area contributed by atoms with Crippen LogP contribution in [0.15, 0.2) is 59.1 Å². The van der Waals surface area contributed by atoms with E-state index < -0.39 is 0 Å². The minimum Gasteiger partial charge on any atom is -0.314 e. The zero-order chi connectivity index (χ0) is 16.1. The number of carbonyl (C=O) groups is 2. The largest absolute Gasteiger partial charge is 0.314 e. The van der Waals surface area contributed by atoms with E-state index in [0.717, 1.165) is 10.2 Å². The number of para-hydroxylation sites is 1. The lowest BCUT2D eigenvalue weighted by Gasteiger charge is -2.24. The molecule has 4 nitrogen and oxygen atoms in total. The highest BCUT2D eigenvalue weighted by atomic mass is 79.9. The number of hydrogen-bond donors (Lipinski definition) is 0. The Morgan fingerprint density at radius 2 is 1.55 bits per heavy atom. The van der Waals surface area contributed by atoms with Crippen LogP contribution in [0.3, 0.4) is 0 Å². The molecule has 0 aliphatic heterocycles. The average molecular weight is 361 g/mol. The summed E-state index contributed by atoms with van der Waals surface area (Å²) in [6.45, 7) is 1.46. The first-order valence-corrected chi connectivity index (χ1v) is 7.63. The third kappa shape index (κ3) is 3.95. The van der Waals surface area contributed by atoms with Crippen LogP contribution in [-0.2, 0) is 9.59 Å². The van der Waals surface area contributed by atoms with Gasteiger partial charge in [-0.25, -0.2) is 0 Å². The van der Waals surface area contributed by atoms with Crippen molar-refractivity contribution in [1.29, 1.82) is 0 Å². The first kappa shape index (κ1) is 16.2. The molecule has 114 valence electrons.